The third-order valence-corrected chi connectivity index (χ3v) is 12.3. The van der Waals surface area contributed by atoms with E-state index in [-0.39, 0.29) is 31.2 Å². The van der Waals surface area contributed by atoms with Gasteiger partial charge in [0.05, 0.1) is 6.54 Å². The molecular weight excluding hydrogens is 807 g/mol. The number of hydrogen-bond acceptors (Lipinski definition) is 8. The van der Waals surface area contributed by atoms with Gasteiger partial charge in [0.25, 0.3) is 5.91 Å². The van der Waals surface area contributed by atoms with Crippen LogP contribution in [0.5, 0.6) is 0 Å². The van der Waals surface area contributed by atoms with E-state index in [1.54, 1.807) is 11.8 Å². The molecule has 5 N–H and O–H groups in total. The van der Waals surface area contributed by atoms with Gasteiger partial charge in [-0.15, -0.1) is 11.8 Å². The zero-order valence-corrected chi connectivity index (χ0v) is 35.7. The Kier molecular flexibility index (Phi) is 16.6. The first-order valence-electron chi connectivity index (χ1n) is 21.2. The lowest BCUT2D eigenvalue weighted by Gasteiger charge is -2.27. The van der Waals surface area contributed by atoms with E-state index in [0.29, 0.717) is 43.8 Å². The Morgan fingerprint density at radius 3 is 2.18 bits per heavy atom. The lowest BCUT2D eigenvalue weighted by atomic mass is 9.99. The summed E-state index contributed by atoms with van der Waals surface area (Å²) in [6.45, 7) is 1.62. The molecule has 2 unspecified atom stereocenters. The van der Waals surface area contributed by atoms with Gasteiger partial charge in [-0.1, -0.05) is 104 Å². The first-order valence-corrected chi connectivity index (χ1v) is 22.2. The zero-order valence-electron chi connectivity index (χ0n) is 34.9. The Bertz CT molecular complexity index is 2120. The van der Waals surface area contributed by atoms with E-state index in [4.69, 9.17) is 4.74 Å². The molecule has 6 rings (SSSR count). The third kappa shape index (κ3) is 13.4. The fourth-order valence-corrected chi connectivity index (χ4v) is 8.63. The van der Waals surface area contributed by atoms with Crippen molar-refractivity contribution in [3.05, 3.63) is 132 Å². The summed E-state index contributed by atoms with van der Waals surface area (Å²) in [6, 6.07) is 22.6. The maximum atomic E-state index is 14.5. The summed E-state index contributed by atoms with van der Waals surface area (Å²) in [4.78, 5) is 82.0. The number of allylic oxidation sites excluding steroid dienone is 4. The van der Waals surface area contributed by atoms with Gasteiger partial charge in [-0.3, -0.25) is 24.0 Å². The molecule has 0 saturated carbocycles. The largest absolute Gasteiger partial charge is 0.484 e. The molecule has 3 aromatic rings. The van der Waals surface area contributed by atoms with Crippen molar-refractivity contribution in [2.24, 2.45) is 5.92 Å². The molecule has 62 heavy (non-hydrogen) atoms. The van der Waals surface area contributed by atoms with E-state index in [1.807, 2.05) is 115 Å². The van der Waals surface area contributed by atoms with Gasteiger partial charge in [0, 0.05) is 18.2 Å². The second-order valence-electron chi connectivity index (χ2n) is 15.9. The molecule has 0 aromatic heterocycles. The summed E-state index contributed by atoms with van der Waals surface area (Å²) in [5.41, 5.74) is 3.65. The average molecular weight is 862 g/mol. The number of nitrogens with zero attached hydrogens (tertiary/aromatic N) is 1. The van der Waals surface area contributed by atoms with E-state index in [0.717, 1.165) is 28.7 Å². The second kappa shape index (κ2) is 22.6. The number of aliphatic carboxylic acids is 1. The van der Waals surface area contributed by atoms with Crippen molar-refractivity contribution >= 4 is 47.3 Å². The predicted octanol–water partition coefficient (Wildman–Crippen LogP) is 5.08. The number of carbonyl (C=O) groups is 6. The first kappa shape index (κ1) is 45.4. The minimum atomic E-state index is -1.18. The highest BCUT2D eigenvalue weighted by Gasteiger charge is 2.35. The van der Waals surface area contributed by atoms with Crippen molar-refractivity contribution in [3.63, 3.8) is 0 Å². The van der Waals surface area contributed by atoms with Crippen LogP contribution in [0.25, 0.3) is 11.1 Å². The average Bonchev–Trinajstić information content (AvgIpc) is 4.01. The minimum Gasteiger partial charge on any atom is -0.484 e. The van der Waals surface area contributed by atoms with Gasteiger partial charge in [-0.05, 0) is 90.7 Å². The van der Waals surface area contributed by atoms with Gasteiger partial charge < -0.3 is 36.0 Å². The second-order valence-corrected chi connectivity index (χ2v) is 17.1. The SMILES string of the molecule is CC1C=CC(OCC(=O)N[C@H](CC2CC=CS2)C(=O)N[C@@H](Cc2ccc(-c3ccccc3)cc2)C(=O)N[C@H](CCc2ccccc2)C(=O)NCC(=O)N2CCC[C@@H]2C(=O)O)=CC1. The fourth-order valence-electron chi connectivity index (χ4n) is 7.66. The van der Waals surface area contributed by atoms with Crippen molar-refractivity contribution in [1.82, 2.24) is 26.2 Å². The van der Waals surface area contributed by atoms with Crippen LogP contribution in [-0.4, -0.2) is 94.6 Å². The number of carbonyl (C=O) groups excluding carboxylic acids is 5. The van der Waals surface area contributed by atoms with E-state index < -0.39 is 66.2 Å². The number of ether oxygens (including phenoxy) is 1. The topological polar surface area (TPSA) is 183 Å². The molecule has 0 radical (unpaired) electrons. The summed E-state index contributed by atoms with van der Waals surface area (Å²) >= 11 is 1.57. The van der Waals surface area contributed by atoms with Gasteiger partial charge in [0.15, 0.2) is 6.61 Å². The summed E-state index contributed by atoms with van der Waals surface area (Å²) < 4.78 is 5.74. The molecule has 0 bridgehead atoms. The van der Waals surface area contributed by atoms with Crippen molar-refractivity contribution in [2.75, 3.05) is 19.7 Å². The summed E-state index contributed by atoms with van der Waals surface area (Å²) in [6.07, 6.45) is 11.1. The quantitative estimate of drug-likeness (QED) is 0.104. The molecule has 3 aromatic carbocycles. The van der Waals surface area contributed by atoms with Crippen molar-refractivity contribution in [1.29, 1.82) is 0 Å². The summed E-state index contributed by atoms with van der Waals surface area (Å²) in [7, 11) is 0. The molecule has 2 heterocycles. The minimum absolute atomic E-state index is 0.0235. The Balaban J connectivity index is 1.20. The van der Waals surface area contributed by atoms with Crippen LogP contribution in [0.1, 0.15) is 56.6 Å². The van der Waals surface area contributed by atoms with Crippen LogP contribution in [0, 0.1) is 5.92 Å². The van der Waals surface area contributed by atoms with Crippen LogP contribution in [0.2, 0.25) is 0 Å². The highest BCUT2D eigenvalue weighted by molar-refractivity contribution is 8.03. The van der Waals surface area contributed by atoms with Crippen molar-refractivity contribution in [2.45, 2.75) is 87.7 Å². The van der Waals surface area contributed by atoms with Crippen LogP contribution in [0.15, 0.2) is 120 Å². The number of nitrogens with one attached hydrogen (secondary N) is 4. The van der Waals surface area contributed by atoms with Gasteiger partial charge in [0.1, 0.15) is 29.9 Å². The van der Waals surface area contributed by atoms with E-state index in [9.17, 15) is 33.9 Å². The van der Waals surface area contributed by atoms with Crippen molar-refractivity contribution < 1.29 is 38.6 Å². The number of rotatable bonds is 20. The summed E-state index contributed by atoms with van der Waals surface area (Å²) in [5.74, 6) is -2.98. The molecule has 3 aliphatic rings. The molecule has 0 spiro atoms. The number of hydrogen-bond donors (Lipinski definition) is 5. The van der Waals surface area contributed by atoms with E-state index in [1.165, 1.54) is 4.90 Å². The molecular formula is C48H55N5O8S. The number of thioether (sulfide) groups is 1. The molecule has 6 atom stereocenters. The molecule has 14 heteroatoms. The number of aryl methyl sites for hydroxylation is 1. The molecule has 1 saturated heterocycles. The van der Waals surface area contributed by atoms with Gasteiger partial charge in [-0.25, -0.2) is 4.79 Å². The van der Waals surface area contributed by atoms with Gasteiger partial charge in [-0.2, -0.15) is 0 Å². The van der Waals surface area contributed by atoms with E-state index >= 15 is 0 Å². The highest BCUT2D eigenvalue weighted by atomic mass is 32.2. The van der Waals surface area contributed by atoms with Crippen LogP contribution in [-0.2, 0) is 46.3 Å². The third-order valence-electron chi connectivity index (χ3n) is 11.2. The predicted molar refractivity (Wildman–Crippen MR) is 238 cm³/mol. The number of likely N-dealkylation sites (tertiary alicyclic amines) is 1. The van der Waals surface area contributed by atoms with Gasteiger partial charge in [0.2, 0.25) is 23.6 Å². The van der Waals surface area contributed by atoms with Crippen LogP contribution in [0.4, 0.5) is 0 Å². The maximum absolute atomic E-state index is 14.5. The number of benzene rings is 3. The normalized spacial score (nSPS) is 19.4. The number of amides is 5. The summed E-state index contributed by atoms with van der Waals surface area (Å²) in [5, 5.41) is 22.8. The highest BCUT2D eigenvalue weighted by Crippen LogP contribution is 2.28. The molecule has 5 amide bonds. The maximum Gasteiger partial charge on any atom is 0.326 e. The lowest BCUT2D eigenvalue weighted by molar-refractivity contribution is -0.148. The Morgan fingerprint density at radius 2 is 1.50 bits per heavy atom. The Labute approximate surface area is 366 Å². The zero-order chi connectivity index (χ0) is 43.8. The molecule has 1 fully saturated rings. The number of carboxylic acid groups (broad SMARTS) is 1. The fraction of sp³-hybridized carbons (Fsp3) is 0.375. The molecule has 2 aliphatic heterocycles. The lowest BCUT2D eigenvalue weighted by Crippen LogP contribution is -2.58. The van der Waals surface area contributed by atoms with Crippen molar-refractivity contribution in [3.8, 4) is 11.1 Å². The molecule has 326 valence electrons. The van der Waals surface area contributed by atoms with E-state index in [2.05, 4.69) is 28.2 Å². The van der Waals surface area contributed by atoms with Gasteiger partial charge >= 0.3 is 5.97 Å². The van der Waals surface area contributed by atoms with Crippen LogP contribution in [0.3, 0.4) is 0 Å². The first-order chi connectivity index (χ1) is 30.0. The van der Waals surface area contributed by atoms with Crippen LogP contribution < -0.4 is 21.3 Å². The Hall–Kier alpha value is -6.15. The molecule has 1 aliphatic carbocycles. The standard InChI is InChI=1S/C48H55N5O8S/c1-32-16-23-37(24-17-32)61-31-43(54)50-41(29-38-14-9-27-62-38)47(58)52-40(28-34-18-21-36(22-19-34)35-12-6-3-7-13-35)46(57)51-39(25-20-33-10-4-2-5-11-33)45(56)49-30-44(55)53-26-8-15-42(53)48(59)60/h2-7,9-13,16,18-19,21-24,27,32,38-42H,8,14-15,17,20,25-26,28-31H2,1H3,(H,49,56)(H,50,54)(H,51,57)(H,52,58)(H,59,60)/t32?,38?,39-,40+,41-,42-/m1/s1. The van der Waals surface area contributed by atoms with Crippen LogP contribution >= 0.6 is 11.8 Å². The Morgan fingerprint density at radius 1 is 0.806 bits per heavy atom. The number of carboxylic acids is 1. The smallest absolute Gasteiger partial charge is 0.326 e. The monoisotopic (exact) mass is 861 g/mol. The molecule has 13 nitrogen and oxygen atoms in total.